The molecule has 138 valence electrons. The number of hydrogen-bond acceptors (Lipinski definition) is 4. The van der Waals surface area contributed by atoms with Crippen molar-refractivity contribution in [2.75, 3.05) is 26.9 Å². The summed E-state index contributed by atoms with van der Waals surface area (Å²) in [6, 6.07) is 7.62. The lowest BCUT2D eigenvalue weighted by Crippen LogP contribution is -2.24. The molecule has 0 heterocycles. The smallest absolute Gasteiger partial charge is 0.123 e. The topological polar surface area (TPSA) is 47.9 Å². The fourth-order valence-electron chi connectivity index (χ4n) is 2.46. The largest absolute Gasteiger partial charge is 0.493 e. The third-order valence-corrected chi connectivity index (χ3v) is 4.04. The van der Waals surface area contributed by atoms with Gasteiger partial charge in [0.1, 0.15) is 24.2 Å². The fourth-order valence-corrected chi connectivity index (χ4v) is 2.46. The minimum absolute atomic E-state index is 0.0505. The van der Waals surface area contributed by atoms with Gasteiger partial charge in [0.15, 0.2) is 0 Å². The summed E-state index contributed by atoms with van der Waals surface area (Å²) in [4.78, 5) is 0. The van der Waals surface area contributed by atoms with Crippen LogP contribution in [0.3, 0.4) is 0 Å². The zero-order valence-electron chi connectivity index (χ0n) is 15.3. The zero-order valence-corrected chi connectivity index (χ0v) is 15.3. The van der Waals surface area contributed by atoms with E-state index in [1.807, 2.05) is 24.3 Å². The van der Waals surface area contributed by atoms with Crippen LogP contribution >= 0.6 is 0 Å². The molecule has 0 aliphatic carbocycles. The second kappa shape index (κ2) is 14.1. The van der Waals surface area contributed by atoms with Crippen LogP contribution in [0.25, 0.3) is 0 Å². The molecular formula is C20H34O4. The van der Waals surface area contributed by atoms with E-state index in [1.54, 1.807) is 7.11 Å². The molecule has 0 fully saturated rings. The van der Waals surface area contributed by atoms with Crippen LogP contribution in [0, 0.1) is 0 Å². The number of rotatable bonds is 15. The summed E-state index contributed by atoms with van der Waals surface area (Å²) in [7, 11) is 1.56. The Hall–Kier alpha value is -1.26. The highest BCUT2D eigenvalue weighted by Gasteiger charge is 2.06. The van der Waals surface area contributed by atoms with Gasteiger partial charge in [-0.15, -0.1) is 0 Å². The molecule has 24 heavy (non-hydrogen) atoms. The maximum Gasteiger partial charge on any atom is 0.123 e. The van der Waals surface area contributed by atoms with Crippen LogP contribution < -0.4 is 9.47 Å². The molecule has 1 N–H and O–H groups in total. The first-order chi connectivity index (χ1) is 11.8. The lowest BCUT2D eigenvalue weighted by molar-refractivity contribution is 0.0163. The van der Waals surface area contributed by atoms with Crippen molar-refractivity contribution in [2.45, 2.75) is 64.4 Å². The summed E-state index contributed by atoms with van der Waals surface area (Å²) < 4.78 is 16.5. The van der Waals surface area contributed by atoms with Gasteiger partial charge in [0.05, 0.1) is 13.2 Å². The van der Waals surface area contributed by atoms with Crippen LogP contribution in [0.2, 0.25) is 0 Å². The number of benzene rings is 1. The van der Waals surface area contributed by atoms with E-state index in [9.17, 15) is 0 Å². The van der Waals surface area contributed by atoms with E-state index in [0.717, 1.165) is 24.5 Å². The fraction of sp³-hybridized carbons (Fsp3) is 0.700. The van der Waals surface area contributed by atoms with Gasteiger partial charge < -0.3 is 19.3 Å². The SMILES string of the molecule is CCCCCCCCCCOc1cccc(OC[C@H](CO)OC)c1. The highest BCUT2D eigenvalue weighted by atomic mass is 16.5. The van der Waals surface area contributed by atoms with Gasteiger partial charge in [0.2, 0.25) is 0 Å². The zero-order chi connectivity index (χ0) is 17.5. The molecule has 0 saturated carbocycles. The molecule has 0 saturated heterocycles. The molecule has 0 spiro atoms. The van der Waals surface area contributed by atoms with Gasteiger partial charge in [0, 0.05) is 13.2 Å². The van der Waals surface area contributed by atoms with Crippen LogP contribution in [0.15, 0.2) is 24.3 Å². The Morgan fingerprint density at radius 1 is 0.917 bits per heavy atom. The molecule has 0 aliphatic heterocycles. The van der Waals surface area contributed by atoms with Gasteiger partial charge in [-0.3, -0.25) is 0 Å². The van der Waals surface area contributed by atoms with Crippen molar-refractivity contribution in [1.82, 2.24) is 0 Å². The first-order valence-electron chi connectivity index (χ1n) is 9.29. The maximum absolute atomic E-state index is 9.08. The Morgan fingerprint density at radius 3 is 2.17 bits per heavy atom. The van der Waals surface area contributed by atoms with Gasteiger partial charge >= 0.3 is 0 Å². The normalized spacial score (nSPS) is 12.1. The average Bonchev–Trinajstić information content (AvgIpc) is 2.61. The van der Waals surface area contributed by atoms with Crippen molar-refractivity contribution >= 4 is 0 Å². The number of hydrogen-bond donors (Lipinski definition) is 1. The molecule has 1 aromatic carbocycles. The molecule has 0 unspecified atom stereocenters. The van der Waals surface area contributed by atoms with Gasteiger partial charge in [-0.1, -0.05) is 57.9 Å². The van der Waals surface area contributed by atoms with Crippen LogP contribution in [0.1, 0.15) is 58.3 Å². The van der Waals surface area contributed by atoms with Crippen LogP contribution in [0.5, 0.6) is 11.5 Å². The maximum atomic E-state index is 9.08. The van der Waals surface area contributed by atoms with Gasteiger partial charge in [-0.25, -0.2) is 0 Å². The van der Waals surface area contributed by atoms with E-state index < -0.39 is 0 Å². The van der Waals surface area contributed by atoms with E-state index in [-0.39, 0.29) is 12.7 Å². The first kappa shape index (κ1) is 20.8. The summed E-state index contributed by atoms with van der Waals surface area (Å²) in [5, 5.41) is 9.08. The van der Waals surface area contributed by atoms with E-state index in [4.69, 9.17) is 19.3 Å². The monoisotopic (exact) mass is 338 g/mol. The number of ether oxygens (including phenoxy) is 3. The number of aliphatic hydroxyl groups is 1. The van der Waals surface area contributed by atoms with E-state index in [1.165, 1.54) is 44.9 Å². The second-order valence-electron chi connectivity index (χ2n) is 6.15. The van der Waals surface area contributed by atoms with Gasteiger partial charge in [-0.2, -0.15) is 0 Å². The summed E-state index contributed by atoms with van der Waals surface area (Å²) in [5.74, 6) is 1.56. The van der Waals surface area contributed by atoms with Crippen molar-refractivity contribution in [2.24, 2.45) is 0 Å². The van der Waals surface area contributed by atoms with Gasteiger partial charge in [-0.05, 0) is 18.6 Å². The molecule has 0 aliphatic rings. The third kappa shape index (κ3) is 9.78. The summed E-state index contributed by atoms with van der Waals surface area (Å²) in [5.41, 5.74) is 0. The third-order valence-electron chi connectivity index (χ3n) is 4.04. The molecule has 0 aromatic heterocycles. The van der Waals surface area contributed by atoms with Crippen molar-refractivity contribution < 1.29 is 19.3 Å². The van der Waals surface area contributed by atoms with Crippen LogP contribution in [-0.2, 0) is 4.74 Å². The lowest BCUT2D eigenvalue weighted by atomic mass is 10.1. The minimum atomic E-state index is -0.299. The summed E-state index contributed by atoms with van der Waals surface area (Å²) in [6.07, 6.45) is 10.1. The molecule has 0 radical (unpaired) electrons. The first-order valence-corrected chi connectivity index (χ1v) is 9.29. The van der Waals surface area contributed by atoms with Crippen molar-refractivity contribution in [3.63, 3.8) is 0 Å². The van der Waals surface area contributed by atoms with E-state index >= 15 is 0 Å². The standard InChI is InChI=1S/C20H34O4/c1-3-4-5-6-7-8-9-10-14-23-18-12-11-13-19(15-18)24-17-20(16-21)22-2/h11-13,15,20-21H,3-10,14,16-17H2,1-2H3/t20-/m0/s1. The molecule has 4 heteroatoms. The van der Waals surface area contributed by atoms with Crippen LogP contribution in [0.4, 0.5) is 0 Å². The lowest BCUT2D eigenvalue weighted by Gasteiger charge is -2.14. The molecule has 0 amide bonds. The van der Waals surface area contributed by atoms with Crippen molar-refractivity contribution in [3.8, 4) is 11.5 Å². The highest BCUT2D eigenvalue weighted by molar-refractivity contribution is 5.32. The Labute approximate surface area is 147 Å². The quantitative estimate of drug-likeness (QED) is 0.475. The van der Waals surface area contributed by atoms with Crippen molar-refractivity contribution in [3.05, 3.63) is 24.3 Å². The predicted octanol–water partition coefficient (Wildman–Crippen LogP) is 4.59. The van der Waals surface area contributed by atoms with Crippen LogP contribution in [-0.4, -0.2) is 38.1 Å². The van der Waals surface area contributed by atoms with E-state index in [2.05, 4.69) is 6.92 Å². The number of methoxy groups -OCH3 is 1. The minimum Gasteiger partial charge on any atom is -0.493 e. The average molecular weight is 338 g/mol. The Bertz CT molecular complexity index is 404. The molecule has 1 atom stereocenters. The number of unbranched alkanes of at least 4 members (excludes halogenated alkanes) is 7. The molecule has 4 nitrogen and oxygen atoms in total. The number of aliphatic hydroxyl groups excluding tert-OH is 1. The molecule has 0 bridgehead atoms. The van der Waals surface area contributed by atoms with Crippen molar-refractivity contribution in [1.29, 1.82) is 0 Å². The van der Waals surface area contributed by atoms with E-state index in [0.29, 0.717) is 6.61 Å². The second-order valence-corrected chi connectivity index (χ2v) is 6.15. The Kier molecular flexibility index (Phi) is 12.2. The summed E-state index contributed by atoms with van der Waals surface area (Å²) in [6.45, 7) is 3.27. The molecule has 1 rings (SSSR count). The summed E-state index contributed by atoms with van der Waals surface area (Å²) >= 11 is 0. The highest BCUT2D eigenvalue weighted by Crippen LogP contribution is 2.20. The Balaban J connectivity index is 2.14. The predicted molar refractivity (Wildman–Crippen MR) is 97.9 cm³/mol. The van der Waals surface area contributed by atoms with Gasteiger partial charge in [0.25, 0.3) is 0 Å². The molecular weight excluding hydrogens is 304 g/mol. The molecule has 1 aromatic rings. The Morgan fingerprint density at radius 2 is 1.54 bits per heavy atom.